The van der Waals surface area contributed by atoms with Gasteiger partial charge in [-0.05, 0) is 72.0 Å². The molecule has 0 spiro atoms. The molecule has 0 saturated heterocycles. The van der Waals surface area contributed by atoms with Crippen molar-refractivity contribution in [2.75, 3.05) is 16.0 Å². The highest BCUT2D eigenvalue weighted by Crippen LogP contribution is 2.29. The molecule has 222 valence electrons. The van der Waals surface area contributed by atoms with Crippen molar-refractivity contribution in [3.05, 3.63) is 130 Å². The lowest BCUT2D eigenvalue weighted by molar-refractivity contribution is 0.101. The lowest BCUT2D eigenvalue weighted by atomic mass is 9.86. The summed E-state index contributed by atoms with van der Waals surface area (Å²) in [7, 11) is 1.66. The van der Waals surface area contributed by atoms with E-state index in [9.17, 15) is 14.4 Å². The molecule has 0 radical (unpaired) electrons. The summed E-state index contributed by atoms with van der Waals surface area (Å²) < 4.78 is 1.46. The quantitative estimate of drug-likeness (QED) is 0.195. The summed E-state index contributed by atoms with van der Waals surface area (Å²) in [6, 6.07) is 23.5. The fourth-order valence-corrected chi connectivity index (χ4v) is 4.70. The number of hydrogen-bond donors (Lipinski definition) is 3. The van der Waals surface area contributed by atoms with Crippen LogP contribution < -0.4 is 21.5 Å². The van der Waals surface area contributed by atoms with Gasteiger partial charge in [-0.2, -0.15) is 0 Å². The summed E-state index contributed by atoms with van der Waals surface area (Å²) in [5.41, 5.74) is 5.78. The molecular weight excluding hydrogens is 552 g/mol. The Morgan fingerprint density at radius 3 is 2.14 bits per heavy atom. The molecule has 3 N–H and O–H groups in total. The maximum atomic E-state index is 13.1. The second-order valence-corrected chi connectivity index (χ2v) is 11.5. The zero-order valence-corrected chi connectivity index (χ0v) is 25.3. The maximum absolute atomic E-state index is 13.1. The van der Waals surface area contributed by atoms with Crippen molar-refractivity contribution in [1.29, 1.82) is 0 Å². The van der Waals surface area contributed by atoms with Crippen LogP contribution in [0.4, 0.5) is 22.9 Å². The molecular formula is C35H34N6O3. The van der Waals surface area contributed by atoms with Crippen LogP contribution in [-0.4, -0.2) is 26.3 Å². The first-order valence-corrected chi connectivity index (χ1v) is 14.2. The summed E-state index contributed by atoms with van der Waals surface area (Å²) in [5, 5.41) is 8.98. The number of aryl methyl sites for hydroxylation is 1. The largest absolute Gasteiger partial charge is 0.336 e. The van der Waals surface area contributed by atoms with Crippen molar-refractivity contribution in [2.45, 2.75) is 33.1 Å². The standard InChI is InChI=1S/C35H34N6O3/c1-22-28(10-7-11-29(22)40-33(43)23-12-14-25(15-13-23)35(2,3)4)30-21-41(5)34(44)31(39-30)37-26-8-6-9-27(20-26)38-32(42)24-16-18-36-19-17-24/h6-21H,1-5H3,(H,37,39)(H,38,42)(H,40,43). The van der Waals surface area contributed by atoms with Gasteiger partial charge in [0.2, 0.25) is 0 Å². The van der Waals surface area contributed by atoms with Gasteiger partial charge < -0.3 is 20.5 Å². The molecule has 2 heterocycles. The van der Waals surface area contributed by atoms with Gasteiger partial charge in [0, 0.05) is 59.4 Å². The van der Waals surface area contributed by atoms with Crippen LogP contribution >= 0.6 is 0 Å². The van der Waals surface area contributed by atoms with Crippen LogP contribution in [0.15, 0.2) is 102 Å². The molecule has 0 unspecified atom stereocenters. The lowest BCUT2D eigenvalue weighted by Gasteiger charge is -2.19. The number of pyridine rings is 1. The number of aromatic nitrogens is 3. The molecule has 0 atom stereocenters. The highest BCUT2D eigenvalue weighted by atomic mass is 16.2. The molecule has 0 aliphatic heterocycles. The van der Waals surface area contributed by atoms with Gasteiger partial charge in [0.1, 0.15) is 0 Å². The van der Waals surface area contributed by atoms with Gasteiger partial charge in [-0.15, -0.1) is 0 Å². The van der Waals surface area contributed by atoms with E-state index in [1.807, 2.05) is 49.4 Å². The number of nitrogens with one attached hydrogen (secondary N) is 3. The van der Waals surface area contributed by atoms with E-state index in [0.29, 0.717) is 33.9 Å². The fraction of sp³-hybridized carbons (Fsp3) is 0.171. The van der Waals surface area contributed by atoms with E-state index in [1.54, 1.807) is 62.0 Å². The average Bonchev–Trinajstić information content (AvgIpc) is 3.00. The van der Waals surface area contributed by atoms with Crippen LogP contribution in [0.2, 0.25) is 0 Å². The monoisotopic (exact) mass is 586 g/mol. The Bertz CT molecular complexity index is 1890. The minimum absolute atomic E-state index is 0.00435. The Hall–Kier alpha value is -5.57. The number of nitrogens with zero attached hydrogens (tertiary/aromatic N) is 3. The Labute approximate surface area is 256 Å². The Balaban J connectivity index is 1.38. The van der Waals surface area contributed by atoms with E-state index < -0.39 is 0 Å². The second-order valence-electron chi connectivity index (χ2n) is 11.5. The molecule has 0 saturated carbocycles. The molecule has 44 heavy (non-hydrogen) atoms. The summed E-state index contributed by atoms with van der Waals surface area (Å²) in [4.78, 5) is 47.3. The lowest BCUT2D eigenvalue weighted by Crippen LogP contribution is -2.21. The smallest absolute Gasteiger partial charge is 0.293 e. The van der Waals surface area contributed by atoms with Crippen LogP contribution in [0.25, 0.3) is 11.3 Å². The summed E-state index contributed by atoms with van der Waals surface area (Å²) in [6.45, 7) is 8.30. The van der Waals surface area contributed by atoms with Crippen LogP contribution in [0.1, 0.15) is 52.6 Å². The molecule has 9 heteroatoms. The zero-order chi connectivity index (χ0) is 31.4. The molecule has 5 aromatic rings. The summed E-state index contributed by atoms with van der Waals surface area (Å²) in [5.74, 6) is -0.363. The molecule has 0 aliphatic rings. The van der Waals surface area contributed by atoms with Gasteiger partial charge in [0.25, 0.3) is 17.4 Å². The fourth-order valence-electron chi connectivity index (χ4n) is 4.70. The summed E-state index contributed by atoms with van der Waals surface area (Å²) in [6.07, 6.45) is 4.77. The van der Waals surface area contributed by atoms with Crippen molar-refractivity contribution in [1.82, 2.24) is 14.5 Å². The molecule has 0 bridgehead atoms. The van der Waals surface area contributed by atoms with E-state index in [-0.39, 0.29) is 28.6 Å². The van der Waals surface area contributed by atoms with E-state index in [1.165, 1.54) is 4.57 Å². The normalized spacial score (nSPS) is 11.1. The van der Waals surface area contributed by atoms with Crippen molar-refractivity contribution in [3.63, 3.8) is 0 Å². The molecule has 0 aliphatic carbocycles. The van der Waals surface area contributed by atoms with Crippen LogP contribution in [0.5, 0.6) is 0 Å². The number of hydrogen-bond acceptors (Lipinski definition) is 6. The third-order valence-corrected chi connectivity index (χ3v) is 7.27. The molecule has 2 aromatic heterocycles. The van der Waals surface area contributed by atoms with Crippen LogP contribution in [0, 0.1) is 6.92 Å². The molecule has 0 fully saturated rings. The number of anilines is 4. The van der Waals surface area contributed by atoms with E-state index in [2.05, 4.69) is 46.7 Å². The van der Waals surface area contributed by atoms with Crippen molar-refractivity contribution < 1.29 is 9.59 Å². The Morgan fingerprint density at radius 2 is 1.43 bits per heavy atom. The van der Waals surface area contributed by atoms with Gasteiger partial charge in [-0.25, -0.2) is 4.98 Å². The van der Waals surface area contributed by atoms with Gasteiger partial charge in [-0.3, -0.25) is 19.4 Å². The number of benzene rings is 3. The van der Waals surface area contributed by atoms with Crippen molar-refractivity contribution in [3.8, 4) is 11.3 Å². The highest BCUT2D eigenvalue weighted by molar-refractivity contribution is 6.05. The number of rotatable bonds is 7. The van der Waals surface area contributed by atoms with Crippen LogP contribution in [0.3, 0.4) is 0 Å². The van der Waals surface area contributed by atoms with E-state index in [4.69, 9.17) is 0 Å². The minimum Gasteiger partial charge on any atom is -0.336 e. The second kappa shape index (κ2) is 12.3. The zero-order valence-electron chi connectivity index (χ0n) is 25.3. The first kappa shape index (κ1) is 29.9. The number of carbonyl (C=O) groups is 2. The van der Waals surface area contributed by atoms with E-state index in [0.717, 1.165) is 16.7 Å². The first-order chi connectivity index (χ1) is 21.0. The van der Waals surface area contributed by atoms with Crippen LogP contribution in [-0.2, 0) is 12.5 Å². The Morgan fingerprint density at radius 1 is 0.795 bits per heavy atom. The molecule has 5 rings (SSSR count). The van der Waals surface area contributed by atoms with Crippen molar-refractivity contribution >= 4 is 34.7 Å². The van der Waals surface area contributed by atoms with E-state index >= 15 is 0 Å². The van der Waals surface area contributed by atoms with Gasteiger partial charge in [-0.1, -0.05) is 51.1 Å². The predicted octanol–water partition coefficient (Wildman–Crippen LogP) is 6.70. The highest BCUT2D eigenvalue weighted by Gasteiger charge is 2.17. The third-order valence-electron chi connectivity index (χ3n) is 7.27. The maximum Gasteiger partial charge on any atom is 0.293 e. The minimum atomic E-state index is -0.319. The van der Waals surface area contributed by atoms with Gasteiger partial charge >= 0.3 is 0 Å². The van der Waals surface area contributed by atoms with Gasteiger partial charge in [0.15, 0.2) is 5.82 Å². The summed E-state index contributed by atoms with van der Waals surface area (Å²) >= 11 is 0. The molecule has 2 amide bonds. The topological polar surface area (TPSA) is 118 Å². The predicted molar refractivity (Wildman–Crippen MR) is 175 cm³/mol. The number of amides is 2. The number of carbonyl (C=O) groups excluding carboxylic acids is 2. The van der Waals surface area contributed by atoms with Crippen molar-refractivity contribution in [2.24, 2.45) is 7.05 Å². The first-order valence-electron chi connectivity index (χ1n) is 14.2. The molecule has 3 aromatic carbocycles. The average molecular weight is 587 g/mol. The van der Waals surface area contributed by atoms with Gasteiger partial charge in [0.05, 0.1) is 5.69 Å². The Kier molecular flexibility index (Phi) is 8.39. The molecule has 9 nitrogen and oxygen atoms in total. The SMILES string of the molecule is Cc1c(NC(=O)c2ccc(C(C)(C)C)cc2)cccc1-c1cn(C)c(=O)c(Nc2cccc(NC(=O)c3ccncc3)c2)n1. The third kappa shape index (κ3) is 6.73.